The summed E-state index contributed by atoms with van der Waals surface area (Å²) in [4.78, 5) is 31.2. The molecular weight excluding hydrogens is 489 g/mol. The number of carbonyl (C=O) groups excluding carboxylic acids is 1. The fourth-order valence-corrected chi connectivity index (χ4v) is 6.23. The smallest absolute Gasteiger partial charge is 0.260 e. The highest BCUT2D eigenvalue weighted by molar-refractivity contribution is 7.14. The first-order valence-electron chi connectivity index (χ1n) is 12.8. The highest BCUT2D eigenvalue weighted by Crippen LogP contribution is 2.35. The van der Waals surface area contributed by atoms with Crippen molar-refractivity contribution < 1.29 is 9.18 Å². The summed E-state index contributed by atoms with van der Waals surface area (Å²) in [5.74, 6) is 0.421. The number of nitrogen functional groups attached to an aromatic ring is 1. The van der Waals surface area contributed by atoms with Crippen LogP contribution in [0, 0.1) is 0 Å². The van der Waals surface area contributed by atoms with Gasteiger partial charge in [0.05, 0.1) is 5.00 Å². The summed E-state index contributed by atoms with van der Waals surface area (Å²) < 4.78 is 18.0. The number of piperidine rings is 2. The van der Waals surface area contributed by atoms with E-state index < -0.39 is 5.67 Å². The van der Waals surface area contributed by atoms with Crippen molar-refractivity contribution in [1.82, 2.24) is 29.3 Å². The van der Waals surface area contributed by atoms with Crippen molar-refractivity contribution in [3.05, 3.63) is 59.7 Å². The molecule has 8 nitrogen and oxygen atoms in total. The molecule has 0 saturated carbocycles. The van der Waals surface area contributed by atoms with Crippen LogP contribution in [-0.4, -0.2) is 67.1 Å². The van der Waals surface area contributed by atoms with Crippen LogP contribution in [0.15, 0.2) is 54.2 Å². The van der Waals surface area contributed by atoms with E-state index in [0.29, 0.717) is 26.2 Å². The second-order valence-electron chi connectivity index (χ2n) is 9.99. The third-order valence-corrected chi connectivity index (χ3v) is 8.38. The fraction of sp³-hybridized carbons (Fsp3) is 0.407. The van der Waals surface area contributed by atoms with Crippen molar-refractivity contribution in [2.45, 2.75) is 43.9 Å². The molecule has 192 valence electrons. The normalized spacial score (nSPS) is 18.9. The van der Waals surface area contributed by atoms with Gasteiger partial charge in [-0.2, -0.15) is 0 Å². The number of nitrogens with two attached hydrogens (primary N) is 1. The van der Waals surface area contributed by atoms with Gasteiger partial charge in [-0.15, -0.1) is 11.3 Å². The van der Waals surface area contributed by atoms with Crippen molar-refractivity contribution in [2.75, 3.05) is 31.9 Å². The minimum atomic E-state index is -1.79. The molecule has 0 aromatic carbocycles. The highest BCUT2D eigenvalue weighted by Gasteiger charge is 2.45. The molecule has 0 aliphatic carbocycles. The van der Waals surface area contributed by atoms with Gasteiger partial charge in [-0.1, -0.05) is 6.07 Å². The van der Waals surface area contributed by atoms with Crippen LogP contribution in [0.4, 0.5) is 9.39 Å². The summed E-state index contributed by atoms with van der Waals surface area (Å²) in [6.45, 7) is 2.90. The zero-order chi connectivity index (χ0) is 25.4. The molecule has 0 bridgehead atoms. The number of fused-ring (bicyclic) bond motifs is 1. The molecule has 0 radical (unpaired) electrons. The Hall–Kier alpha value is -3.37. The maximum atomic E-state index is 15.9. The van der Waals surface area contributed by atoms with E-state index in [-0.39, 0.29) is 24.8 Å². The Morgan fingerprint density at radius 3 is 2.57 bits per heavy atom. The van der Waals surface area contributed by atoms with Gasteiger partial charge in [-0.25, -0.2) is 14.4 Å². The van der Waals surface area contributed by atoms with Crippen LogP contribution in [-0.2, 0) is 11.3 Å². The Morgan fingerprint density at radius 2 is 1.86 bits per heavy atom. The number of halogens is 1. The van der Waals surface area contributed by atoms with Crippen LogP contribution in [0.1, 0.15) is 37.3 Å². The maximum Gasteiger partial charge on any atom is 0.260 e. The molecule has 1 amide bonds. The van der Waals surface area contributed by atoms with Gasteiger partial charge in [0.2, 0.25) is 0 Å². The number of hydrogen-bond acceptors (Lipinski definition) is 7. The van der Waals surface area contributed by atoms with E-state index in [2.05, 4.69) is 19.4 Å². The number of likely N-dealkylation sites (tertiary alicyclic amines) is 2. The third kappa shape index (κ3) is 4.71. The average Bonchev–Trinajstić information content (AvgIpc) is 3.53. The summed E-state index contributed by atoms with van der Waals surface area (Å²) in [7, 11) is 0. The predicted molar refractivity (Wildman–Crippen MR) is 143 cm³/mol. The molecule has 37 heavy (non-hydrogen) atoms. The zero-order valence-electron chi connectivity index (χ0n) is 20.6. The molecule has 10 heteroatoms. The Balaban J connectivity index is 1.13. The van der Waals surface area contributed by atoms with E-state index >= 15 is 4.39 Å². The standard InChI is InChI=1S/C27H30FN7OS/c28-27(8-14-33(15-9-27)17-19-16-23(29)37-18-19)26(36)34-12-6-20(7-13-34)35-24-22(5-3-11-31-24)32-25(35)21-4-1-2-10-30-21/h1-5,10-11,16,18,20H,6-9,12-15,17,29H2. The molecule has 4 aromatic heterocycles. The average molecular weight is 520 g/mol. The molecule has 0 unspecified atom stereocenters. The van der Waals surface area contributed by atoms with E-state index in [1.165, 1.54) is 11.3 Å². The van der Waals surface area contributed by atoms with Crippen molar-refractivity contribution in [3.63, 3.8) is 0 Å². The Morgan fingerprint density at radius 1 is 1.08 bits per heavy atom. The van der Waals surface area contributed by atoms with Crippen LogP contribution < -0.4 is 5.73 Å². The molecular formula is C27H30FN7OS. The number of thiophene rings is 1. The summed E-state index contributed by atoms with van der Waals surface area (Å²) in [5.41, 5.74) is 7.61. The van der Waals surface area contributed by atoms with Crippen molar-refractivity contribution in [3.8, 4) is 11.5 Å². The lowest BCUT2D eigenvalue weighted by Crippen LogP contribution is -2.53. The number of carbonyl (C=O) groups is 1. The van der Waals surface area contributed by atoms with E-state index in [4.69, 9.17) is 10.7 Å². The number of rotatable bonds is 5. The molecule has 2 N–H and O–H groups in total. The van der Waals surface area contributed by atoms with Crippen LogP contribution in [0.25, 0.3) is 22.7 Å². The minimum absolute atomic E-state index is 0.108. The van der Waals surface area contributed by atoms with Gasteiger partial charge in [0.15, 0.2) is 17.1 Å². The Bertz CT molecular complexity index is 1390. The number of anilines is 1. The van der Waals surface area contributed by atoms with Crippen LogP contribution in [0.5, 0.6) is 0 Å². The number of aromatic nitrogens is 4. The molecule has 6 rings (SSSR count). The van der Waals surface area contributed by atoms with E-state index in [1.54, 1.807) is 17.3 Å². The lowest BCUT2D eigenvalue weighted by Gasteiger charge is -2.40. The second kappa shape index (κ2) is 9.83. The third-order valence-electron chi connectivity index (χ3n) is 7.57. The number of pyridine rings is 2. The molecule has 2 saturated heterocycles. The van der Waals surface area contributed by atoms with Crippen molar-refractivity contribution in [1.29, 1.82) is 0 Å². The molecule has 2 aliphatic rings. The first-order chi connectivity index (χ1) is 18.0. The topological polar surface area (TPSA) is 93.2 Å². The number of hydrogen-bond donors (Lipinski definition) is 1. The van der Waals surface area contributed by atoms with Crippen molar-refractivity contribution in [2.24, 2.45) is 0 Å². The first-order valence-corrected chi connectivity index (χ1v) is 13.7. The van der Waals surface area contributed by atoms with Gasteiger partial charge in [0, 0.05) is 64.0 Å². The highest BCUT2D eigenvalue weighted by atomic mass is 32.1. The van der Waals surface area contributed by atoms with Gasteiger partial charge in [-0.3, -0.25) is 14.7 Å². The van der Waals surface area contributed by atoms with Gasteiger partial charge in [-0.05, 0) is 54.1 Å². The van der Waals surface area contributed by atoms with Gasteiger partial charge >= 0.3 is 0 Å². The summed E-state index contributed by atoms with van der Waals surface area (Å²) in [6.07, 6.45) is 5.42. The Kier molecular flexibility index (Phi) is 6.37. The summed E-state index contributed by atoms with van der Waals surface area (Å²) in [5, 5.41) is 2.83. The number of imidazole rings is 1. The molecule has 2 fully saturated rings. The minimum Gasteiger partial charge on any atom is -0.391 e. The van der Waals surface area contributed by atoms with Gasteiger partial charge in [0.1, 0.15) is 11.2 Å². The summed E-state index contributed by atoms with van der Waals surface area (Å²) in [6, 6.07) is 11.7. The maximum absolute atomic E-state index is 15.9. The SMILES string of the molecule is Nc1cc(CN2CCC(F)(C(=O)N3CCC(n4c(-c5ccccn5)nc5cccnc54)CC3)CC2)cs1. The van der Waals surface area contributed by atoms with Gasteiger partial charge in [0.25, 0.3) is 5.91 Å². The largest absolute Gasteiger partial charge is 0.391 e. The zero-order valence-corrected chi connectivity index (χ0v) is 21.4. The number of alkyl halides is 1. The van der Waals surface area contributed by atoms with E-state index in [0.717, 1.165) is 52.6 Å². The molecule has 0 atom stereocenters. The second-order valence-corrected chi connectivity index (χ2v) is 10.9. The monoisotopic (exact) mass is 519 g/mol. The van der Waals surface area contributed by atoms with Crippen LogP contribution in [0.2, 0.25) is 0 Å². The van der Waals surface area contributed by atoms with E-state index in [1.807, 2.05) is 41.8 Å². The van der Waals surface area contributed by atoms with E-state index in [9.17, 15) is 4.79 Å². The van der Waals surface area contributed by atoms with Crippen molar-refractivity contribution >= 4 is 33.4 Å². The van der Waals surface area contributed by atoms with Crippen LogP contribution in [0.3, 0.4) is 0 Å². The molecule has 0 spiro atoms. The summed E-state index contributed by atoms with van der Waals surface area (Å²) >= 11 is 1.52. The van der Waals surface area contributed by atoms with Crippen LogP contribution >= 0.6 is 11.3 Å². The lowest BCUT2D eigenvalue weighted by atomic mass is 9.90. The quantitative estimate of drug-likeness (QED) is 0.423. The number of nitrogens with zero attached hydrogens (tertiary/aromatic N) is 6. The molecule has 6 heterocycles. The first kappa shape index (κ1) is 24.0. The fourth-order valence-electron chi connectivity index (χ4n) is 5.58. The predicted octanol–water partition coefficient (Wildman–Crippen LogP) is 4.30. The number of amides is 1. The van der Waals surface area contributed by atoms with Gasteiger partial charge < -0.3 is 15.2 Å². The molecule has 4 aromatic rings. The molecule has 2 aliphatic heterocycles. The lowest BCUT2D eigenvalue weighted by molar-refractivity contribution is -0.148. The Labute approximate surface area is 218 Å².